The molecule has 0 bridgehead atoms. The molecule has 0 saturated heterocycles. The molecule has 2 rings (SSSR count). The quantitative estimate of drug-likeness (QED) is 0.781. The maximum Gasteiger partial charge on any atom is 0.119 e. The van der Waals surface area contributed by atoms with Gasteiger partial charge in [0.15, 0.2) is 0 Å². The summed E-state index contributed by atoms with van der Waals surface area (Å²) in [7, 11) is 0. The first-order valence-corrected chi connectivity index (χ1v) is 5.66. The summed E-state index contributed by atoms with van der Waals surface area (Å²) in [6.45, 7) is 2.67. The normalized spacial score (nSPS) is 11.1. The van der Waals surface area contributed by atoms with Crippen molar-refractivity contribution in [1.29, 1.82) is 0 Å². The lowest BCUT2D eigenvalue weighted by molar-refractivity contribution is 0.340. The van der Waals surface area contributed by atoms with Gasteiger partial charge < -0.3 is 4.74 Å². The number of hydrogen-bond donors (Lipinski definition) is 2. The summed E-state index contributed by atoms with van der Waals surface area (Å²) in [6.07, 6.45) is 3.84. The van der Waals surface area contributed by atoms with E-state index in [9.17, 15) is 0 Å². The van der Waals surface area contributed by atoms with E-state index in [2.05, 4.69) is 17.7 Å². The van der Waals surface area contributed by atoms with Gasteiger partial charge in [-0.1, -0.05) is 0 Å². The summed E-state index contributed by atoms with van der Waals surface area (Å²) in [5, 5.41) is 4.85. The van der Waals surface area contributed by atoms with Crippen molar-refractivity contribution >= 4 is 18.8 Å². The maximum atomic E-state index is 5.38. The van der Waals surface area contributed by atoms with Gasteiger partial charge in [-0.25, -0.2) is 0 Å². The topological polar surface area (TPSA) is 29.9 Å². The molecule has 0 saturated carbocycles. The molecular formula is C12H14N2OS. The number of rotatable bonds is 4. The maximum absolute atomic E-state index is 5.38. The van der Waals surface area contributed by atoms with Gasteiger partial charge in [0, 0.05) is 11.8 Å². The monoisotopic (exact) mass is 234 g/mol. The number of ether oxygens (including phenoxy) is 1. The fraction of sp³-hybridized carbons (Fsp3) is 0.167. The zero-order valence-corrected chi connectivity index (χ0v) is 9.95. The molecule has 0 aliphatic heterocycles. The second-order valence-electron chi connectivity index (χ2n) is 3.32. The molecule has 1 N–H and O–H groups in total. The Morgan fingerprint density at radius 1 is 1.38 bits per heavy atom. The molecule has 0 aliphatic carbocycles. The van der Waals surface area contributed by atoms with Gasteiger partial charge in [0.05, 0.1) is 18.5 Å². The van der Waals surface area contributed by atoms with E-state index in [4.69, 9.17) is 4.74 Å². The Bertz CT molecular complexity index is 455. The Kier molecular flexibility index (Phi) is 3.41. The minimum Gasteiger partial charge on any atom is -0.494 e. The van der Waals surface area contributed by atoms with E-state index in [1.54, 1.807) is 5.41 Å². The van der Waals surface area contributed by atoms with Crippen LogP contribution in [-0.4, -0.2) is 16.4 Å². The molecule has 3 nitrogen and oxygen atoms in total. The lowest BCUT2D eigenvalue weighted by Gasteiger charge is -2.12. The fourth-order valence-corrected chi connectivity index (χ4v) is 1.61. The van der Waals surface area contributed by atoms with Gasteiger partial charge in [-0.05, 0) is 36.6 Å². The molecule has 2 aromatic rings. The molecule has 84 valence electrons. The highest BCUT2D eigenvalue weighted by molar-refractivity contribution is 7.83. The molecule has 4 heteroatoms. The number of aromatic amines is 1. The minimum absolute atomic E-state index is 0.695. The van der Waals surface area contributed by atoms with Gasteiger partial charge in [0.1, 0.15) is 5.75 Å². The van der Waals surface area contributed by atoms with Crippen molar-refractivity contribution in [1.82, 2.24) is 9.78 Å². The molecule has 0 aliphatic rings. The van der Waals surface area contributed by atoms with Gasteiger partial charge in [0.25, 0.3) is 0 Å². The van der Waals surface area contributed by atoms with Crippen molar-refractivity contribution in [2.45, 2.75) is 6.92 Å². The summed E-state index contributed by atoms with van der Waals surface area (Å²) in [5.41, 5.74) is 2.24. The standard InChI is InChI=1S/C12H14N2OS/c1-2-15-11-5-3-10(4-6-11)12-9-14(13-12)7-8-16/h3-9,13,16H,2H2,1H3/b8-7-. The molecular weight excluding hydrogens is 220 g/mol. The molecule has 0 spiro atoms. The van der Waals surface area contributed by atoms with Crippen LogP contribution < -0.4 is 4.74 Å². The van der Waals surface area contributed by atoms with Crippen molar-refractivity contribution in [2.24, 2.45) is 0 Å². The molecule has 0 amide bonds. The van der Waals surface area contributed by atoms with Crippen molar-refractivity contribution in [3.8, 4) is 17.0 Å². The van der Waals surface area contributed by atoms with Crippen LogP contribution in [0.3, 0.4) is 0 Å². The van der Waals surface area contributed by atoms with Crippen LogP contribution in [0.1, 0.15) is 6.92 Å². The molecule has 0 unspecified atom stereocenters. The highest BCUT2D eigenvalue weighted by Crippen LogP contribution is 2.21. The molecule has 0 fully saturated rings. The Morgan fingerprint density at radius 3 is 2.62 bits per heavy atom. The van der Waals surface area contributed by atoms with Crippen LogP contribution in [0.25, 0.3) is 17.5 Å². The molecule has 1 aromatic heterocycles. The Hall–Kier alpha value is -1.55. The van der Waals surface area contributed by atoms with E-state index < -0.39 is 0 Å². The van der Waals surface area contributed by atoms with Crippen molar-refractivity contribution in [3.05, 3.63) is 35.9 Å². The molecule has 1 heterocycles. The van der Waals surface area contributed by atoms with Crippen LogP contribution in [0.2, 0.25) is 0 Å². The van der Waals surface area contributed by atoms with Crippen molar-refractivity contribution < 1.29 is 4.74 Å². The van der Waals surface area contributed by atoms with Gasteiger partial charge in [-0.3, -0.25) is 9.78 Å². The summed E-state index contributed by atoms with van der Waals surface area (Å²) >= 11 is 3.99. The Morgan fingerprint density at radius 2 is 2.06 bits per heavy atom. The van der Waals surface area contributed by atoms with Gasteiger partial charge in [-0.2, -0.15) is 0 Å². The van der Waals surface area contributed by atoms with Crippen LogP contribution in [0.15, 0.2) is 35.9 Å². The van der Waals surface area contributed by atoms with Crippen molar-refractivity contribution in [3.63, 3.8) is 0 Å². The molecule has 0 atom stereocenters. The highest BCUT2D eigenvalue weighted by atomic mass is 32.1. The van der Waals surface area contributed by atoms with E-state index in [1.165, 1.54) is 0 Å². The molecule has 0 radical (unpaired) electrons. The number of hydrogen-bond acceptors (Lipinski definition) is 2. The molecule has 1 aromatic carbocycles. The molecule has 16 heavy (non-hydrogen) atoms. The zero-order chi connectivity index (χ0) is 11.4. The highest BCUT2D eigenvalue weighted by Gasteiger charge is 2.02. The second-order valence-corrected chi connectivity index (χ2v) is 3.62. The van der Waals surface area contributed by atoms with Gasteiger partial charge in [0.2, 0.25) is 0 Å². The van der Waals surface area contributed by atoms with E-state index in [0.717, 1.165) is 17.0 Å². The lowest BCUT2D eigenvalue weighted by atomic mass is 10.1. The first-order chi connectivity index (χ1) is 7.83. The third-order valence-corrected chi connectivity index (χ3v) is 2.35. The van der Waals surface area contributed by atoms with Crippen LogP contribution in [0.4, 0.5) is 0 Å². The predicted octanol–water partition coefficient (Wildman–Crippen LogP) is 3.24. The first-order valence-electron chi connectivity index (χ1n) is 5.14. The summed E-state index contributed by atoms with van der Waals surface area (Å²) in [6, 6.07) is 8.01. The number of thiol groups is 1. The number of nitrogens with one attached hydrogen (secondary N) is 1. The summed E-state index contributed by atoms with van der Waals surface area (Å²) in [5.74, 6) is 0.901. The predicted molar refractivity (Wildman–Crippen MR) is 69.7 cm³/mol. The average Bonchev–Trinajstić information content (AvgIpc) is 2.25. The van der Waals surface area contributed by atoms with Crippen LogP contribution in [0.5, 0.6) is 5.75 Å². The van der Waals surface area contributed by atoms with Crippen LogP contribution in [0, 0.1) is 0 Å². The number of H-pyrrole nitrogens is 1. The van der Waals surface area contributed by atoms with E-state index >= 15 is 0 Å². The summed E-state index contributed by atoms with van der Waals surface area (Å²) < 4.78 is 7.23. The van der Waals surface area contributed by atoms with Gasteiger partial charge >= 0.3 is 0 Å². The smallest absolute Gasteiger partial charge is 0.119 e. The van der Waals surface area contributed by atoms with Crippen molar-refractivity contribution in [2.75, 3.05) is 6.61 Å². The minimum atomic E-state index is 0.695. The van der Waals surface area contributed by atoms with E-state index in [-0.39, 0.29) is 0 Å². The average molecular weight is 234 g/mol. The van der Waals surface area contributed by atoms with Crippen LogP contribution in [-0.2, 0) is 0 Å². The van der Waals surface area contributed by atoms with Gasteiger partial charge in [-0.15, -0.1) is 12.6 Å². The largest absolute Gasteiger partial charge is 0.494 e. The lowest BCUT2D eigenvalue weighted by Crippen LogP contribution is -2.03. The third-order valence-electron chi connectivity index (χ3n) is 2.22. The van der Waals surface area contributed by atoms with E-state index in [0.29, 0.717) is 6.61 Å². The second kappa shape index (κ2) is 4.99. The first kappa shape index (κ1) is 11.0. The number of aromatic nitrogens is 2. The van der Waals surface area contributed by atoms with E-state index in [1.807, 2.05) is 48.3 Å². The Balaban J connectivity index is 2.10. The third kappa shape index (κ3) is 2.33. The van der Waals surface area contributed by atoms with Crippen LogP contribution >= 0.6 is 12.6 Å². The summed E-state index contributed by atoms with van der Waals surface area (Å²) in [4.78, 5) is 0. The zero-order valence-electron chi connectivity index (χ0n) is 9.05. The Labute approximate surface area is 100 Å². The fourth-order valence-electron chi connectivity index (χ4n) is 1.46. The number of benzene rings is 1. The number of nitrogens with zero attached hydrogens (tertiary/aromatic N) is 1. The SMILES string of the molecule is CCOc1ccc(-c2cn(/C=C\S)[nH]2)cc1.